The molecule has 3 aliphatic heterocycles. The Morgan fingerprint density at radius 1 is 0.525 bits per heavy atom. The fraction of sp³-hybridized carbons (Fsp3) is 0.294. The van der Waals surface area contributed by atoms with Gasteiger partial charge in [-0.25, -0.2) is 0 Å². The molecule has 3 aromatic rings. The molecule has 0 amide bonds. The van der Waals surface area contributed by atoms with E-state index in [0.29, 0.717) is 0 Å². The maximum atomic E-state index is 2.50. The van der Waals surface area contributed by atoms with Crippen molar-refractivity contribution in [2.75, 3.05) is 28.8 Å². The third kappa shape index (κ3) is 4.55. The van der Waals surface area contributed by atoms with Crippen molar-refractivity contribution in [3.63, 3.8) is 0 Å². The van der Waals surface area contributed by atoms with Crippen molar-refractivity contribution < 1.29 is 17.6 Å². The first-order valence-electron chi connectivity index (χ1n) is 13.8. The molecule has 0 radical (unpaired) electrons. The molecule has 0 N–H and O–H groups in total. The standard InChI is InChI=1S/C34H39N5.Pt/c1-33(2,3)30-16-11-17-31(34(4,5)6)32(30)39(28-14-9-12-26(22-28)37-20-18-35(7)24-37)29-15-10-13-27(23-29)38-21-19-36(8)25-38;/h9-23H,1-8H3;. The minimum atomic E-state index is -0.498. The van der Waals surface area contributed by atoms with Crippen LogP contribution in [0.2, 0.25) is 0 Å². The maximum absolute atomic E-state index is 2.50. The number of para-hydroxylation sites is 1. The van der Waals surface area contributed by atoms with Gasteiger partial charge < -0.3 is 0 Å². The van der Waals surface area contributed by atoms with Gasteiger partial charge in [-0.2, -0.15) is 0 Å². The van der Waals surface area contributed by atoms with E-state index < -0.39 is 17.6 Å². The molecule has 5 nitrogen and oxygen atoms in total. The van der Waals surface area contributed by atoms with E-state index in [-0.39, 0.29) is 10.8 Å². The fourth-order valence-electron chi connectivity index (χ4n) is 5.49. The van der Waals surface area contributed by atoms with Gasteiger partial charge in [0, 0.05) is 0 Å². The van der Waals surface area contributed by atoms with E-state index in [1.165, 1.54) is 36.5 Å². The third-order valence-corrected chi connectivity index (χ3v) is 11.2. The summed E-state index contributed by atoms with van der Waals surface area (Å²) in [5.41, 5.74) is 8.57. The van der Waals surface area contributed by atoms with E-state index in [2.05, 4.69) is 172 Å². The van der Waals surface area contributed by atoms with E-state index in [0.717, 1.165) is 11.4 Å². The summed E-state index contributed by atoms with van der Waals surface area (Å²) in [7, 11) is 4.33. The molecule has 0 saturated carbocycles. The number of anilines is 5. The second kappa shape index (κ2) is 9.59. The van der Waals surface area contributed by atoms with Crippen molar-refractivity contribution in [3.05, 3.63) is 103 Å². The van der Waals surface area contributed by atoms with Gasteiger partial charge in [-0.1, -0.05) is 0 Å². The van der Waals surface area contributed by atoms with Crippen LogP contribution in [0.3, 0.4) is 0 Å². The Hall–Kier alpha value is -3.43. The number of fused-ring (bicyclic) bond motifs is 8. The Kier molecular flexibility index (Phi) is 6.42. The predicted octanol–water partition coefficient (Wildman–Crippen LogP) is 7.47. The predicted molar refractivity (Wildman–Crippen MR) is 167 cm³/mol. The van der Waals surface area contributed by atoms with E-state index in [1.807, 2.05) is 0 Å². The molecule has 3 heterocycles. The van der Waals surface area contributed by atoms with E-state index in [9.17, 15) is 0 Å². The van der Waals surface area contributed by atoms with Crippen molar-refractivity contribution in [3.8, 4) is 0 Å². The second-order valence-electron chi connectivity index (χ2n) is 12.7. The minimum absolute atomic E-state index is 0.0390. The van der Waals surface area contributed by atoms with Crippen molar-refractivity contribution in [2.24, 2.45) is 0 Å². The summed E-state index contributed by atoms with van der Waals surface area (Å²) in [4.78, 5) is 11.8. The average molecular weight is 713 g/mol. The van der Waals surface area contributed by atoms with Crippen molar-refractivity contribution >= 4 is 36.7 Å². The first-order chi connectivity index (χ1) is 18.9. The molecule has 210 valence electrons. The van der Waals surface area contributed by atoms with E-state index in [4.69, 9.17) is 0 Å². The summed E-state index contributed by atoms with van der Waals surface area (Å²) >= 11 is -0.498. The van der Waals surface area contributed by atoms with Gasteiger partial charge in [0.2, 0.25) is 0 Å². The van der Waals surface area contributed by atoms with Gasteiger partial charge >= 0.3 is 248 Å². The van der Waals surface area contributed by atoms with Crippen LogP contribution in [0.4, 0.5) is 28.4 Å². The Labute approximate surface area is 247 Å². The third-order valence-electron chi connectivity index (χ3n) is 7.53. The first kappa shape index (κ1) is 26.8. The Morgan fingerprint density at radius 2 is 0.925 bits per heavy atom. The Balaban J connectivity index is 1.72. The van der Waals surface area contributed by atoms with Crippen LogP contribution in [-0.2, 0) is 28.5 Å². The molecule has 0 saturated heterocycles. The zero-order valence-corrected chi connectivity index (χ0v) is 27.0. The summed E-state index contributed by atoms with van der Waals surface area (Å²) in [6.45, 7) is 13.9. The number of hydrogen-bond donors (Lipinski definition) is 0. The molecule has 0 unspecified atom stereocenters. The first-order valence-corrected chi connectivity index (χ1v) is 16.1. The summed E-state index contributed by atoms with van der Waals surface area (Å²) in [6, 6.07) is 25.0. The SMILES string of the molecule is CN1C=CN2[C]1=[Pt]=[C]1N(C)C=CN1c1cccc(c1)N(c1c(C(C)(C)C)cccc1C(C)(C)C)c1cccc2c1. The summed E-state index contributed by atoms with van der Waals surface area (Å²) in [5, 5.41) is 0. The molecule has 3 aromatic carbocycles. The monoisotopic (exact) mass is 712 g/mol. The zero-order valence-electron chi connectivity index (χ0n) is 24.7. The molecule has 3 aliphatic rings. The van der Waals surface area contributed by atoms with Crippen LogP contribution in [-0.4, -0.2) is 32.2 Å². The molecule has 0 fully saturated rings. The van der Waals surface area contributed by atoms with Crippen molar-refractivity contribution in [1.82, 2.24) is 9.80 Å². The van der Waals surface area contributed by atoms with E-state index >= 15 is 0 Å². The molecular weight excluding hydrogens is 673 g/mol. The zero-order chi connectivity index (χ0) is 28.4. The van der Waals surface area contributed by atoms with Gasteiger partial charge in [-0.05, 0) is 0 Å². The Bertz CT molecular complexity index is 1500. The summed E-state index contributed by atoms with van der Waals surface area (Å²) in [5.74, 6) is 0. The molecule has 0 spiro atoms. The number of rotatable bonds is 1. The molecule has 6 rings (SSSR count). The van der Waals surface area contributed by atoms with Crippen molar-refractivity contribution in [2.45, 2.75) is 52.4 Å². The molecule has 0 aromatic heterocycles. The molecule has 4 bridgehead atoms. The second-order valence-corrected chi connectivity index (χ2v) is 15.3. The topological polar surface area (TPSA) is 16.2 Å². The van der Waals surface area contributed by atoms with Crippen molar-refractivity contribution in [1.29, 1.82) is 0 Å². The van der Waals surface area contributed by atoms with Crippen LogP contribution in [0.1, 0.15) is 52.7 Å². The average Bonchev–Trinajstić information content (AvgIpc) is 3.45. The molecule has 40 heavy (non-hydrogen) atoms. The summed E-state index contributed by atoms with van der Waals surface area (Å²) < 4.78 is 2.67. The molecule has 0 aliphatic carbocycles. The number of benzene rings is 3. The quantitative estimate of drug-likeness (QED) is 0.260. The van der Waals surface area contributed by atoms with Crippen LogP contribution in [0.5, 0.6) is 0 Å². The van der Waals surface area contributed by atoms with Gasteiger partial charge in [-0.15, -0.1) is 0 Å². The molecular formula is C34H39N5Pt. The Morgan fingerprint density at radius 3 is 1.35 bits per heavy atom. The van der Waals surface area contributed by atoms with Gasteiger partial charge in [-0.3, -0.25) is 0 Å². The van der Waals surface area contributed by atoms with Gasteiger partial charge in [0.15, 0.2) is 0 Å². The van der Waals surface area contributed by atoms with Crippen LogP contribution in [0, 0.1) is 0 Å². The number of hydrogen-bond acceptors (Lipinski definition) is 5. The van der Waals surface area contributed by atoms with E-state index in [1.54, 1.807) is 0 Å². The molecule has 0 atom stereocenters. The summed E-state index contributed by atoms with van der Waals surface area (Å²) in [6.07, 6.45) is 8.78. The number of nitrogens with zero attached hydrogens (tertiary/aromatic N) is 5. The van der Waals surface area contributed by atoms with Gasteiger partial charge in [0.1, 0.15) is 0 Å². The van der Waals surface area contributed by atoms with Gasteiger partial charge in [0.25, 0.3) is 0 Å². The van der Waals surface area contributed by atoms with Crippen LogP contribution in [0.15, 0.2) is 91.5 Å². The van der Waals surface area contributed by atoms with Crippen LogP contribution < -0.4 is 14.7 Å². The van der Waals surface area contributed by atoms with Gasteiger partial charge in [0.05, 0.1) is 0 Å². The van der Waals surface area contributed by atoms with Crippen LogP contribution in [0.25, 0.3) is 0 Å². The normalized spacial score (nSPS) is 17.1. The molecule has 6 heteroatoms. The van der Waals surface area contributed by atoms with Crippen LogP contribution >= 0.6 is 0 Å². The fourth-order valence-corrected chi connectivity index (χ4v) is 8.55.